The topological polar surface area (TPSA) is 20.2 Å². The first-order valence-corrected chi connectivity index (χ1v) is 6.05. The molecule has 0 aliphatic heterocycles. The number of rotatable bonds is 1. The predicted molar refractivity (Wildman–Crippen MR) is 61.6 cm³/mol. The Morgan fingerprint density at radius 2 is 1.86 bits per heavy atom. The maximum Gasteiger partial charge on any atom is 0.119 e. The van der Waals surface area contributed by atoms with Crippen LogP contribution in [0.5, 0.6) is 5.75 Å². The van der Waals surface area contributed by atoms with Gasteiger partial charge >= 0.3 is 0 Å². The molecule has 0 heterocycles. The van der Waals surface area contributed by atoms with Gasteiger partial charge in [0.25, 0.3) is 0 Å². The van der Waals surface area contributed by atoms with E-state index in [0.717, 1.165) is 10.0 Å². The van der Waals surface area contributed by atoms with E-state index in [9.17, 15) is 5.11 Å². The molecule has 2 rings (SSSR count). The minimum absolute atomic E-state index is 0.458. The summed E-state index contributed by atoms with van der Waals surface area (Å²) in [5, 5.41) is 9.77. The van der Waals surface area contributed by atoms with Gasteiger partial charge < -0.3 is 5.11 Å². The Hall–Kier alpha value is -0.500. The van der Waals surface area contributed by atoms with Gasteiger partial charge in [-0.3, -0.25) is 0 Å². The molecule has 0 unspecified atom stereocenters. The van der Waals surface area contributed by atoms with E-state index in [1.54, 1.807) is 6.07 Å². The molecule has 0 amide bonds. The van der Waals surface area contributed by atoms with Gasteiger partial charge in [0, 0.05) is 4.47 Å². The van der Waals surface area contributed by atoms with Crippen LogP contribution in [-0.2, 0) is 0 Å². The fourth-order valence-electron chi connectivity index (χ4n) is 2.27. The van der Waals surface area contributed by atoms with Crippen LogP contribution >= 0.6 is 15.9 Å². The Bertz CT molecular complexity index is 316. The number of benzene rings is 1. The molecule has 1 aromatic rings. The molecule has 1 aliphatic carbocycles. The summed E-state index contributed by atoms with van der Waals surface area (Å²) in [6, 6.07) is 5.74. The third-order valence-corrected chi connectivity index (χ3v) is 3.53. The largest absolute Gasteiger partial charge is 0.508 e. The average Bonchev–Trinajstić information content (AvgIpc) is 2.23. The fraction of sp³-hybridized carbons (Fsp3) is 0.500. The lowest BCUT2D eigenvalue weighted by Gasteiger charge is -2.22. The molecule has 0 radical (unpaired) electrons. The van der Waals surface area contributed by atoms with Crippen molar-refractivity contribution in [2.45, 2.75) is 38.0 Å². The molecule has 76 valence electrons. The van der Waals surface area contributed by atoms with E-state index in [-0.39, 0.29) is 0 Å². The van der Waals surface area contributed by atoms with Crippen LogP contribution in [0.15, 0.2) is 22.7 Å². The Morgan fingerprint density at radius 1 is 1.14 bits per heavy atom. The molecule has 2 heteroatoms. The summed E-state index contributed by atoms with van der Waals surface area (Å²) in [6.07, 6.45) is 6.41. The second-order valence-electron chi connectivity index (χ2n) is 4.04. The lowest BCUT2D eigenvalue weighted by Crippen LogP contribution is -2.04. The summed E-state index contributed by atoms with van der Waals surface area (Å²) in [5.74, 6) is 1.03. The third kappa shape index (κ3) is 2.11. The highest BCUT2D eigenvalue weighted by atomic mass is 79.9. The molecule has 1 aliphatic rings. The summed E-state index contributed by atoms with van der Waals surface area (Å²) in [5.41, 5.74) is 1.12. The molecule has 1 N–H and O–H groups in total. The second kappa shape index (κ2) is 4.35. The molecule has 1 saturated carbocycles. The summed E-state index contributed by atoms with van der Waals surface area (Å²) < 4.78 is 1.07. The smallest absolute Gasteiger partial charge is 0.119 e. The van der Waals surface area contributed by atoms with Crippen molar-refractivity contribution in [2.75, 3.05) is 0 Å². The predicted octanol–water partition coefficient (Wildman–Crippen LogP) is 4.20. The zero-order valence-corrected chi connectivity index (χ0v) is 9.76. The van der Waals surface area contributed by atoms with Gasteiger partial charge in [0.1, 0.15) is 5.75 Å². The van der Waals surface area contributed by atoms with Gasteiger partial charge in [-0.05, 0) is 42.5 Å². The molecule has 0 aromatic heterocycles. The Labute approximate surface area is 93.3 Å². The molecule has 1 fully saturated rings. The van der Waals surface area contributed by atoms with Crippen molar-refractivity contribution in [3.8, 4) is 5.75 Å². The summed E-state index contributed by atoms with van der Waals surface area (Å²) in [4.78, 5) is 0. The number of halogens is 1. The fourth-order valence-corrected chi connectivity index (χ4v) is 2.64. The van der Waals surface area contributed by atoms with Gasteiger partial charge in [0.2, 0.25) is 0 Å². The van der Waals surface area contributed by atoms with E-state index in [1.807, 2.05) is 6.07 Å². The second-order valence-corrected chi connectivity index (χ2v) is 4.95. The van der Waals surface area contributed by atoms with Gasteiger partial charge in [-0.15, -0.1) is 0 Å². The van der Waals surface area contributed by atoms with E-state index in [1.165, 1.54) is 32.1 Å². The van der Waals surface area contributed by atoms with Gasteiger partial charge in [0.05, 0.1) is 0 Å². The summed E-state index contributed by atoms with van der Waals surface area (Å²) in [7, 11) is 0. The van der Waals surface area contributed by atoms with Gasteiger partial charge in [0.15, 0.2) is 0 Å². The Kier molecular flexibility index (Phi) is 3.12. The first-order valence-electron chi connectivity index (χ1n) is 5.26. The van der Waals surface area contributed by atoms with Crippen molar-refractivity contribution < 1.29 is 5.11 Å². The first-order chi connectivity index (χ1) is 6.77. The Balaban J connectivity index is 2.24. The highest BCUT2D eigenvalue weighted by Gasteiger charge is 2.18. The van der Waals surface area contributed by atoms with Crippen LogP contribution < -0.4 is 0 Å². The van der Waals surface area contributed by atoms with Crippen LogP contribution in [0.3, 0.4) is 0 Å². The monoisotopic (exact) mass is 254 g/mol. The molecule has 14 heavy (non-hydrogen) atoms. The Morgan fingerprint density at radius 3 is 2.57 bits per heavy atom. The van der Waals surface area contributed by atoms with E-state index in [0.29, 0.717) is 11.7 Å². The van der Waals surface area contributed by atoms with E-state index < -0.39 is 0 Å². The zero-order valence-electron chi connectivity index (χ0n) is 8.17. The third-order valence-electron chi connectivity index (χ3n) is 3.03. The summed E-state index contributed by atoms with van der Waals surface area (Å²) >= 11 is 3.45. The minimum atomic E-state index is 0.458. The van der Waals surface area contributed by atoms with Crippen LogP contribution in [-0.4, -0.2) is 5.11 Å². The molecule has 1 aromatic carbocycles. The SMILES string of the molecule is Oc1ccc(Br)cc1C1CCCCC1. The van der Waals surface area contributed by atoms with Crippen molar-refractivity contribution in [1.82, 2.24) is 0 Å². The molecular formula is C12H15BrO. The van der Waals surface area contributed by atoms with Crippen molar-refractivity contribution in [3.05, 3.63) is 28.2 Å². The number of hydrogen-bond donors (Lipinski definition) is 1. The lowest BCUT2D eigenvalue weighted by molar-refractivity contribution is 0.414. The minimum Gasteiger partial charge on any atom is -0.508 e. The average molecular weight is 255 g/mol. The van der Waals surface area contributed by atoms with Gasteiger partial charge in [-0.25, -0.2) is 0 Å². The van der Waals surface area contributed by atoms with Crippen LogP contribution in [0.4, 0.5) is 0 Å². The van der Waals surface area contributed by atoms with E-state index >= 15 is 0 Å². The van der Waals surface area contributed by atoms with Crippen LogP contribution in [0, 0.1) is 0 Å². The number of phenolic OH excluding ortho intramolecular Hbond substituents is 1. The highest BCUT2D eigenvalue weighted by molar-refractivity contribution is 9.10. The zero-order chi connectivity index (χ0) is 9.97. The number of aromatic hydroxyl groups is 1. The maximum atomic E-state index is 9.77. The normalized spacial score (nSPS) is 18.4. The number of hydrogen-bond acceptors (Lipinski definition) is 1. The van der Waals surface area contributed by atoms with E-state index in [2.05, 4.69) is 22.0 Å². The van der Waals surface area contributed by atoms with Crippen molar-refractivity contribution >= 4 is 15.9 Å². The van der Waals surface area contributed by atoms with Crippen LogP contribution in [0.25, 0.3) is 0 Å². The van der Waals surface area contributed by atoms with E-state index in [4.69, 9.17) is 0 Å². The van der Waals surface area contributed by atoms with Crippen LogP contribution in [0.1, 0.15) is 43.6 Å². The van der Waals surface area contributed by atoms with Crippen LogP contribution in [0.2, 0.25) is 0 Å². The lowest BCUT2D eigenvalue weighted by atomic mass is 9.84. The van der Waals surface area contributed by atoms with Gasteiger partial charge in [-0.1, -0.05) is 35.2 Å². The molecular weight excluding hydrogens is 240 g/mol. The van der Waals surface area contributed by atoms with Crippen molar-refractivity contribution in [2.24, 2.45) is 0 Å². The maximum absolute atomic E-state index is 9.77. The quantitative estimate of drug-likeness (QED) is 0.797. The highest BCUT2D eigenvalue weighted by Crippen LogP contribution is 2.38. The van der Waals surface area contributed by atoms with Crippen molar-refractivity contribution in [3.63, 3.8) is 0 Å². The number of phenols is 1. The summed E-state index contributed by atoms with van der Waals surface area (Å²) in [6.45, 7) is 0. The molecule has 0 saturated heterocycles. The van der Waals surface area contributed by atoms with Crippen molar-refractivity contribution in [1.29, 1.82) is 0 Å². The standard InChI is InChI=1S/C12H15BrO/c13-10-6-7-12(14)11(8-10)9-4-2-1-3-5-9/h6-9,14H,1-5H2. The van der Waals surface area contributed by atoms with Gasteiger partial charge in [-0.2, -0.15) is 0 Å². The molecule has 1 nitrogen and oxygen atoms in total. The molecule has 0 spiro atoms. The molecule has 0 atom stereocenters. The first kappa shape index (κ1) is 10.0. The molecule has 0 bridgehead atoms.